The molecule has 0 aliphatic rings. The molecule has 0 radical (unpaired) electrons. The quantitative estimate of drug-likeness (QED) is 0.669. The van der Waals surface area contributed by atoms with E-state index in [9.17, 15) is 9.18 Å². The predicted octanol–water partition coefficient (Wildman–Crippen LogP) is 4.42. The Labute approximate surface area is 163 Å². The van der Waals surface area contributed by atoms with Crippen LogP contribution < -0.4 is 5.32 Å². The predicted molar refractivity (Wildman–Crippen MR) is 109 cm³/mol. The summed E-state index contributed by atoms with van der Waals surface area (Å²) in [5, 5.41) is 8.12. The van der Waals surface area contributed by atoms with Crippen LogP contribution in [0.15, 0.2) is 60.0 Å². The molecule has 0 aliphatic heterocycles. The number of aromatic nitrogens is 3. The van der Waals surface area contributed by atoms with Crippen molar-refractivity contribution in [2.24, 2.45) is 7.05 Å². The van der Waals surface area contributed by atoms with Gasteiger partial charge in [0.15, 0.2) is 5.82 Å². The third kappa shape index (κ3) is 4.01. The van der Waals surface area contributed by atoms with Crippen molar-refractivity contribution in [3.8, 4) is 11.3 Å². The van der Waals surface area contributed by atoms with Crippen molar-refractivity contribution in [1.82, 2.24) is 20.1 Å². The number of pyridine rings is 1. The number of carbonyl (C=O) groups is 1. The highest BCUT2D eigenvalue weighted by atomic mass is 19.1. The molecule has 0 spiro atoms. The lowest BCUT2D eigenvalue weighted by Crippen LogP contribution is -2.25. The Balaban J connectivity index is 1.95. The zero-order valence-corrected chi connectivity index (χ0v) is 16.5. The van der Waals surface area contributed by atoms with Gasteiger partial charge >= 0.3 is 0 Å². The number of amides is 1. The van der Waals surface area contributed by atoms with Crippen LogP contribution >= 0.6 is 0 Å². The molecule has 3 aromatic rings. The molecule has 0 saturated carbocycles. The maximum absolute atomic E-state index is 14.2. The van der Waals surface area contributed by atoms with Crippen LogP contribution in [-0.2, 0) is 7.05 Å². The first-order valence-corrected chi connectivity index (χ1v) is 9.03. The second-order valence-electron chi connectivity index (χ2n) is 6.97. The van der Waals surface area contributed by atoms with Gasteiger partial charge in [-0.25, -0.2) is 4.39 Å². The number of carbonyl (C=O) groups excluding carboxylic acids is 1. The van der Waals surface area contributed by atoms with Gasteiger partial charge in [-0.15, -0.1) is 0 Å². The Morgan fingerprint density at radius 2 is 2.00 bits per heavy atom. The summed E-state index contributed by atoms with van der Waals surface area (Å²) in [6.45, 7) is 6.46. The fourth-order valence-electron chi connectivity index (χ4n) is 2.97. The van der Waals surface area contributed by atoms with Crippen LogP contribution in [-0.4, -0.2) is 27.2 Å². The first-order valence-electron chi connectivity index (χ1n) is 9.03. The zero-order valence-electron chi connectivity index (χ0n) is 16.5. The molecular weight excluding hydrogens is 355 g/mol. The number of nitrogens with zero attached hydrogens (tertiary/aromatic N) is 3. The summed E-state index contributed by atoms with van der Waals surface area (Å²) in [7, 11) is 1.75. The molecule has 0 bridgehead atoms. The third-order valence-electron chi connectivity index (χ3n) is 4.37. The van der Waals surface area contributed by atoms with Crippen LogP contribution in [0.1, 0.15) is 31.1 Å². The molecule has 2 aromatic heterocycles. The number of hydrogen-bond acceptors (Lipinski definition) is 3. The van der Waals surface area contributed by atoms with Crippen LogP contribution in [0.2, 0.25) is 0 Å². The highest BCUT2D eigenvalue weighted by Gasteiger charge is 2.19. The highest BCUT2D eigenvalue weighted by Crippen LogP contribution is 2.30. The van der Waals surface area contributed by atoms with Gasteiger partial charge in [0.2, 0.25) is 0 Å². The average Bonchev–Trinajstić information content (AvgIpc) is 3.01. The fraction of sp³-hybridized carbons (Fsp3) is 0.227. The Bertz CT molecular complexity index is 1090. The van der Waals surface area contributed by atoms with Gasteiger partial charge < -0.3 is 5.32 Å². The maximum atomic E-state index is 14.2. The topological polar surface area (TPSA) is 59.8 Å². The zero-order chi connectivity index (χ0) is 20.3. The van der Waals surface area contributed by atoms with E-state index in [-0.39, 0.29) is 5.91 Å². The molecule has 0 saturated heterocycles. The van der Waals surface area contributed by atoms with Crippen molar-refractivity contribution in [3.63, 3.8) is 0 Å². The number of benzene rings is 1. The first kappa shape index (κ1) is 19.5. The van der Waals surface area contributed by atoms with E-state index in [1.807, 2.05) is 39.0 Å². The minimum Gasteiger partial charge on any atom is -0.348 e. The minimum atomic E-state index is -0.447. The van der Waals surface area contributed by atoms with Crippen LogP contribution in [0.3, 0.4) is 0 Å². The van der Waals surface area contributed by atoms with Crippen molar-refractivity contribution in [2.75, 3.05) is 6.54 Å². The molecule has 5 nitrogen and oxygen atoms in total. The van der Waals surface area contributed by atoms with Crippen molar-refractivity contribution >= 4 is 16.8 Å². The second-order valence-corrected chi connectivity index (χ2v) is 6.97. The van der Waals surface area contributed by atoms with Crippen LogP contribution in [0.4, 0.5) is 4.39 Å². The van der Waals surface area contributed by atoms with Crippen LogP contribution in [0.25, 0.3) is 22.2 Å². The number of aryl methyl sites for hydroxylation is 1. The van der Waals surface area contributed by atoms with Gasteiger partial charge in [-0.05, 0) is 32.9 Å². The van der Waals surface area contributed by atoms with E-state index in [0.717, 1.165) is 17.2 Å². The van der Waals surface area contributed by atoms with Gasteiger partial charge in [-0.2, -0.15) is 5.10 Å². The summed E-state index contributed by atoms with van der Waals surface area (Å²) in [6.07, 6.45) is 6.69. The van der Waals surface area contributed by atoms with E-state index in [0.29, 0.717) is 28.9 Å². The number of nitrogens with one attached hydrogen (secondary N) is 1. The SMILES string of the molecule is CC(C)=C/C=C(\C)CNC(=O)c1cccc2c(-c3ccncc3F)nn(C)c12. The van der Waals surface area contributed by atoms with E-state index in [1.54, 1.807) is 29.9 Å². The van der Waals surface area contributed by atoms with Crippen LogP contribution in [0.5, 0.6) is 0 Å². The summed E-state index contributed by atoms with van der Waals surface area (Å²) >= 11 is 0. The van der Waals surface area contributed by atoms with Crippen LogP contribution in [0, 0.1) is 5.82 Å². The summed E-state index contributed by atoms with van der Waals surface area (Å²) in [5.41, 5.74) is 4.26. The average molecular weight is 378 g/mol. The van der Waals surface area contributed by atoms with Gasteiger partial charge in [-0.1, -0.05) is 35.4 Å². The van der Waals surface area contributed by atoms with E-state index in [2.05, 4.69) is 15.4 Å². The molecule has 3 rings (SSSR count). The van der Waals surface area contributed by atoms with E-state index >= 15 is 0 Å². The number of halogens is 1. The molecule has 0 unspecified atom stereocenters. The monoisotopic (exact) mass is 378 g/mol. The lowest BCUT2D eigenvalue weighted by molar-refractivity contribution is 0.0958. The Morgan fingerprint density at radius 1 is 1.21 bits per heavy atom. The number of rotatable bonds is 5. The molecule has 0 fully saturated rings. The summed E-state index contributed by atoms with van der Waals surface area (Å²) in [4.78, 5) is 16.6. The molecule has 2 heterocycles. The van der Waals surface area contributed by atoms with Crippen molar-refractivity contribution in [1.29, 1.82) is 0 Å². The smallest absolute Gasteiger partial charge is 0.253 e. The molecule has 144 valence electrons. The van der Waals surface area contributed by atoms with Gasteiger partial charge in [0.1, 0.15) is 5.69 Å². The van der Waals surface area contributed by atoms with Crippen molar-refractivity contribution in [3.05, 3.63) is 71.3 Å². The first-order chi connectivity index (χ1) is 13.4. The number of para-hydroxylation sites is 1. The lowest BCUT2D eigenvalue weighted by atomic mass is 10.1. The largest absolute Gasteiger partial charge is 0.348 e. The Kier molecular flexibility index (Phi) is 5.68. The summed E-state index contributed by atoms with van der Waals surface area (Å²) < 4.78 is 15.8. The summed E-state index contributed by atoms with van der Waals surface area (Å²) in [5.74, 6) is -0.641. The number of allylic oxidation sites excluding steroid dienone is 3. The van der Waals surface area contributed by atoms with E-state index in [4.69, 9.17) is 0 Å². The maximum Gasteiger partial charge on any atom is 0.253 e. The minimum absolute atomic E-state index is 0.194. The molecule has 1 amide bonds. The Hall–Kier alpha value is -3.28. The lowest BCUT2D eigenvalue weighted by Gasteiger charge is -2.07. The third-order valence-corrected chi connectivity index (χ3v) is 4.37. The highest BCUT2D eigenvalue weighted by molar-refractivity contribution is 6.08. The van der Waals surface area contributed by atoms with Crippen molar-refractivity contribution in [2.45, 2.75) is 20.8 Å². The molecular formula is C22H23FN4O. The summed E-state index contributed by atoms with van der Waals surface area (Å²) in [6, 6.07) is 6.96. The number of fused-ring (bicyclic) bond motifs is 1. The molecule has 0 atom stereocenters. The van der Waals surface area contributed by atoms with Gasteiger partial charge in [0.25, 0.3) is 5.91 Å². The van der Waals surface area contributed by atoms with Gasteiger partial charge in [0, 0.05) is 30.7 Å². The Morgan fingerprint density at radius 3 is 2.71 bits per heavy atom. The molecule has 1 N–H and O–H groups in total. The van der Waals surface area contributed by atoms with E-state index in [1.165, 1.54) is 11.8 Å². The second kappa shape index (κ2) is 8.17. The van der Waals surface area contributed by atoms with Gasteiger partial charge in [0.05, 0.1) is 17.3 Å². The van der Waals surface area contributed by atoms with Crippen molar-refractivity contribution < 1.29 is 9.18 Å². The molecule has 6 heteroatoms. The molecule has 1 aromatic carbocycles. The standard InChI is InChI=1S/C22H23FN4O/c1-14(2)8-9-15(3)12-25-22(28)18-7-5-6-17-20(26-27(4)21(17)18)16-10-11-24-13-19(16)23/h5-11,13H,12H2,1-4H3,(H,25,28)/b15-9+. The molecule has 28 heavy (non-hydrogen) atoms. The fourth-order valence-corrected chi connectivity index (χ4v) is 2.97. The number of hydrogen-bond donors (Lipinski definition) is 1. The van der Waals surface area contributed by atoms with E-state index < -0.39 is 5.82 Å². The molecule has 0 aliphatic carbocycles. The normalized spacial score (nSPS) is 11.5. The van der Waals surface area contributed by atoms with Gasteiger partial charge in [-0.3, -0.25) is 14.5 Å².